The van der Waals surface area contributed by atoms with Gasteiger partial charge in [0.05, 0.1) is 6.54 Å². The van der Waals surface area contributed by atoms with Gasteiger partial charge >= 0.3 is 0 Å². The average molecular weight is 323 g/mol. The van der Waals surface area contributed by atoms with Crippen molar-refractivity contribution in [3.05, 3.63) is 58.9 Å². The maximum absolute atomic E-state index is 13.1. The smallest absolute Gasteiger partial charge is 0.194 e. The lowest BCUT2D eigenvalue weighted by Gasteiger charge is -2.05. The molecule has 0 fully saturated rings. The van der Waals surface area contributed by atoms with Gasteiger partial charge in [-0.2, -0.15) is 0 Å². The molecule has 6 heteroatoms. The number of aromatic hydroxyl groups is 2. The molecule has 0 unspecified atom stereocenters. The van der Waals surface area contributed by atoms with Crippen LogP contribution in [0.1, 0.15) is 24.5 Å². The second-order valence-electron chi connectivity index (χ2n) is 5.25. The van der Waals surface area contributed by atoms with Gasteiger partial charge in [0, 0.05) is 5.71 Å². The summed E-state index contributed by atoms with van der Waals surface area (Å²) in [7, 11) is 0. The normalized spacial score (nSPS) is 11.7. The zero-order valence-electron chi connectivity index (χ0n) is 12.5. The van der Waals surface area contributed by atoms with E-state index in [0.29, 0.717) is 12.8 Å². The SMILES string of the molecule is CC(CCc1ccc(O)c(O)c1)=NCc1cc(F)c(F)c(F)c1. The fourth-order valence-corrected chi connectivity index (χ4v) is 2.05. The van der Waals surface area contributed by atoms with Gasteiger partial charge in [-0.3, -0.25) is 4.99 Å². The number of aliphatic imine (C=N–C) groups is 1. The van der Waals surface area contributed by atoms with Crippen LogP contribution < -0.4 is 0 Å². The number of halogens is 3. The highest BCUT2D eigenvalue weighted by Crippen LogP contribution is 2.25. The van der Waals surface area contributed by atoms with E-state index in [1.807, 2.05) is 0 Å². The quantitative estimate of drug-likeness (QED) is 0.494. The zero-order valence-corrected chi connectivity index (χ0v) is 12.5. The molecular formula is C17H16F3NO2. The van der Waals surface area contributed by atoms with Crippen LogP contribution in [-0.2, 0) is 13.0 Å². The predicted octanol–water partition coefficient (Wildman–Crippen LogP) is 4.11. The van der Waals surface area contributed by atoms with Gasteiger partial charge in [-0.15, -0.1) is 0 Å². The topological polar surface area (TPSA) is 52.8 Å². The maximum Gasteiger partial charge on any atom is 0.194 e. The molecule has 0 radical (unpaired) electrons. The van der Waals surface area contributed by atoms with Crippen LogP contribution in [0.15, 0.2) is 35.3 Å². The van der Waals surface area contributed by atoms with Crippen LogP contribution in [-0.4, -0.2) is 15.9 Å². The molecule has 2 aromatic carbocycles. The van der Waals surface area contributed by atoms with Crippen LogP contribution >= 0.6 is 0 Å². The molecule has 3 nitrogen and oxygen atoms in total. The van der Waals surface area contributed by atoms with Crippen molar-refractivity contribution in [1.29, 1.82) is 0 Å². The molecule has 0 atom stereocenters. The van der Waals surface area contributed by atoms with Crippen LogP contribution in [0.4, 0.5) is 13.2 Å². The highest BCUT2D eigenvalue weighted by atomic mass is 19.2. The van der Waals surface area contributed by atoms with Gasteiger partial charge in [0.15, 0.2) is 29.0 Å². The van der Waals surface area contributed by atoms with E-state index >= 15 is 0 Å². The Morgan fingerprint density at radius 3 is 2.22 bits per heavy atom. The number of nitrogens with zero attached hydrogens (tertiary/aromatic N) is 1. The van der Waals surface area contributed by atoms with Gasteiger partial charge in [0.25, 0.3) is 0 Å². The predicted molar refractivity (Wildman–Crippen MR) is 81.2 cm³/mol. The minimum Gasteiger partial charge on any atom is -0.504 e. The molecule has 0 amide bonds. The Hall–Kier alpha value is -2.50. The summed E-state index contributed by atoms with van der Waals surface area (Å²) in [5, 5.41) is 18.6. The molecule has 2 N–H and O–H groups in total. The van der Waals surface area contributed by atoms with Gasteiger partial charge in [-0.1, -0.05) is 6.07 Å². The standard InChI is InChI=1S/C17H16F3NO2/c1-10(2-3-11-4-5-15(22)16(23)8-11)21-9-12-6-13(18)17(20)14(19)7-12/h4-8,22-23H,2-3,9H2,1H3. The molecular weight excluding hydrogens is 307 g/mol. The summed E-state index contributed by atoms with van der Waals surface area (Å²) in [5.41, 5.74) is 1.83. The zero-order chi connectivity index (χ0) is 17.0. The van der Waals surface area contributed by atoms with E-state index < -0.39 is 17.5 Å². The monoisotopic (exact) mass is 323 g/mol. The molecule has 0 aromatic heterocycles. The first-order valence-electron chi connectivity index (χ1n) is 7.01. The number of benzene rings is 2. The van der Waals surface area contributed by atoms with Crippen molar-refractivity contribution in [3.63, 3.8) is 0 Å². The van der Waals surface area contributed by atoms with Crippen molar-refractivity contribution in [3.8, 4) is 11.5 Å². The van der Waals surface area contributed by atoms with Crippen molar-refractivity contribution in [2.75, 3.05) is 0 Å². The van der Waals surface area contributed by atoms with Crippen LogP contribution in [0.3, 0.4) is 0 Å². The van der Waals surface area contributed by atoms with Crippen molar-refractivity contribution < 1.29 is 23.4 Å². The van der Waals surface area contributed by atoms with Gasteiger partial charge in [0.1, 0.15) is 0 Å². The molecule has 0 saturated heterocycles. The largest absolute Gasteiger partial charge is 0.504 e. The molecule has 0 saturated carbocycles. The van der Waals surface area contributed by atoms with Gasteiger partial charge in [-0.05, 0) is 55.2 Å². The maximum atomic E-state index is 13.1. The summed E-state index contributed by atoms with van der Waals surface area (Å²) in [6, 6.07) is 6.40. The van der Waals surface area contributed by atoms with Crippen LogP contribution in [0.25, 0.3) is 0 Å². The van der Waals surface area contributed by atoms with Crippen molar-refractivity contribution >= 4 is 5.71 Å². The fourth-order valence-electron chi connectivity index (χ4n) is 2.05. The van der Waals surface area contributed by atoms with Crippen LogP contribution in [0, 0.1) is 17.5 Å². The molecule has 0 spiro atoms. The Kier molecular flexibility index (Phi) is 5.26. The summed E-state index contributed by atoms with van der Waals surface area (Å²) >= 11 is 0. The Morgan fingerprint density at radius 2 is 1.61 bits per heavy atom. The number of aryl methyl sites for hydroxylation is 1. The number of rotatable bonds is 5. The van der Waals surface area contributed by atoms with Crippen LogP contribution in [0.5, 0.6) is 11.5 Å². The third kappa shape index (κ3) is 4.48. The van der Waals surface area contributed by atoms with E-state index in [0.717, 1.165) is 23.4 Å². The van der Waals surface area contributed by atoms with Crippen LogP contribution in [0.2, 0.25) is 0 Å². The lowest BCUT2D eigenvalue weighted by Crippen LogP contribution is -1.98. The Bertz CT molecular complexity index is 722. The minimum atomic E-state index is -1.48. The summed E-state index contributed by atoms with van der Waals surface area (Å²) in [4.78, 5) is 4.21. The fraction of sp³-hybridized carbons (Fsp3) is 0.235. The van der Waals surface area contributed by atoms with E-state index in [1.165, 1.54) is 12.1 Å². The van der Waals surface area contributed by atoms with Crippen molar-refractivity contribution in [1.82, 2.24) is 0 Å². The Morgan fingerprint density at radius 1 is 0.957 bits per heavy atom. The second-order valence-corrected chi connectivity index (χ2v) is 5.25. The highest BCUT2D eigenvalue weighted by molar-refractivity contribution is 5.82. The third-order valence-electron chi connectivity index (χ3n) is 3.39. The minimum absolute atomic E-state index is 0.0563. The highest BCUT2D eigenvalue weighted by Gasteiger charge is 2.10. The average Bonchev–Trinajstić information content (AvgIpc) is 2.51. The first-order valence-corrected chi connectivity index (χ1v) is 7.01. The molecule has 2 aromatic rings. The van der Waals surface area contributed by atoms with E-state index in [-0.39, 0.29) is 23.6 Å². The van der Waals surface area contributed by atoms with E-state index in [1.54, 1.807) is 13.0 Å². The first kappa shape index (κ1) is 16.9. The molecule has 23 heavy (non-hydrogen) atoms. The number of phenols is 2. The molecule has 0 aliphatic rings. The lowest BCUT2D eigenvalue weighted by molar-refractivity contribution is 0.403. The van der Waals surface area contributed by atoms with Crippen molar-refractivity contribution in [2.24, 2.45) is 4.99 Å². The van der Waals surface area contributed by atoms with E-state index in [2.05, 4.69) is 4.99 Å². The van der Waals surface area contributed by atoms with Gasteiger partial charge in [0.2, 0.25) is 0 Å². The van der Waals surface area contributed by atoms with E-state index in [4.69, 9.17) is 0 Å². The number of phenolic OH excluding ortho intramolecular Hbond substituents is 2. The molecule has 0 heterocycles. The Balaban J connectivity index is 1.96. The van der Waals surface area contributed by atoms with E-state index in [9.17, 15) is 23.4 Å². The molecule has 0 aliphatic carbocycles. The van der Waals surface area contributed by atoms with Gasteiger partial charge in [-0.25, -0.2) is 13.2 Å². The molecule has 2 rings (SSSR count). The second kappa shape index (κ2) is 7.17. The third-order valence-corrected chi connectivity index (χ3v) is 3.39. The lowest BCUT2D eigenvalue weighted by atomic mass is 10.1. The molecule has 0 bridgehead atoms. The first-order chi connectivity index (χ1) is 10.9. The summed E-state index contributed by atoms with van der Waals surface area (Å²) in [6.45, 7) is 1.83. The van der Waals surface area contributed by atoms with Crippen molar-refractivity contribution in [2.45, 2.75) is 26.3 Å². The summed E-state index contributed by atoms with van der Waals surface area (Å²) < 4.78 is 39.0. The Labute approximate surface area is 131 Å². The number of hydrogen-bond acceptors (Lipinski definition) is 3. The molecule has 0 aliphatic heterocycles. The van der Waals surface area contributed by atoms with Gasteiger partial charge < -0.3 is 10.2 Å². The summed E-state index contributed by atoms with van der Waals surface area (Å²) in [6.07, 6.45) is 1.17. The summed E-state index contributed by atoms with van der Waals surface area (Å²) in [5.74, 6) is -4.31. The molecule has 122 valence electrons. The number of hydrogen-bond donors (Lipinski definition) is 2.